The molecule has 0 aliphatic carbocycles. The zero-order valence-corrected chi connectivity index (χ0v) is 16.1. The minimum atomic E-state index is -1.19. The van der Waals surface area contributed by atoms with E-state index in [1.807, 2.05) is 6.92 Å². The number of carboxylic acids is 1. The van der Waals surface area contributed by atoms with Crippen LogP contribution < -0.4 is 10.1 Å². The van der Waals surface area contributed by atoms with Crippen LogP contribution in [0.15, 0.2) is 53.9 Å². The van der Waals surface area contributed by atoms with Crippen LogP contribution in [0.5, 0.6) is 5.75 Å². The second-order valence-electron chi connectivity index (χ2n) is 5.88. The number of amides is 1. The summed E-state index contributed by atoms with van der Waals surface area (Å²) in [7, 11) is 0. The predicted octanol–water partition coefficient (Wildman–Crippen LogP) is 4.67. The molecule has 0 spiro atoms. The maximum Gasteiger partial charge on any atom is 0.339 e. The standard InChI is InChI=1S/C20H16N2O6S/c1-2-28-15-8-6-12(7-9-15)16-11-29-19(17(16)20(24)25)21-18(23)13-4-3-5-14(10-13)22(26)27/h3-11H,2H2,1H3,(H,21,23)(H,24,25). The average Bonchev–Trinajstić information content (AvgIpc) is 3.12. The molecule has 2 aromatic carbocycles. The van der Waals surface area contributed by atoms with Crippen LogP contribution in [0.3, 0.4) is 0 Å². The van der Waals surface area contributed by atoms with Gasteiger partial charge in [0.15, 0.2) is 0 Å². The number of rotatable bonds is 7. The largest absolute Gasteiger partial charge is 0.494 e. The summed E-state index contributed by atoms with van der Waals surface area (Å²) in [5.41, 5.74) is 0.916. The van der Waals surface area contributed by atoms with Crippen LogP contribution in [0.25, 0.3) is 11.1 Å². The fourth-order valence-corrected chi connectivity index (χ4v) is 3.66. The second-order valence-corrected chi connectivity index (χ2v) is 6.76. The number of hydrogen-bond donors (Lipinski definition) is 2. The highest BCUT2D eigenvalue weighted by atomic mass is 32.1. The van der Waals surface area contributed by atoms with Crippen LogP contribution in [0.1, 0.15) is 27.6 Å². The number of nitrogens with zero attached hydrogens (tertiary/aromatic N) is 1. The highest BCUT2D eigenvalue weighted by Gasteiger charge is 2.22. The fourth-order valence-electron chi connectivity index (χ4n) is 2.71. The smallest absolute Gasteiger partial charge is 0.339 e. The predicted molar refractivity (Wildman–Crippen MR) is 109 cm³/mol. The van der Waals surface area contributed by atoms with Crippen molar-refractivity contribution in [2.24, 2.45) is 0 Å². The lowest BCUT2D eigenvalue weighted by Gasteiger charge is -2.07. The number of ether oxygens (including phenoxy) is 1. The Morgan fingerprint density at radius 2 is 1.93 bits per heavy atom. The Labute approximate surface area is 169 Å². The van der Waals surface area contributed by atoms with E-state index in [2.05, 4.69) is 5.32 Å². The first-order valence-electron chi connectivity index (χ1n) is 8.54. The summed E-state index contributed by atoms with van der Waals surface area (Å²) in [6.07, 6.45) is 0. The van der Waals surface area contributed by atoms with Crippen molar-refractivity contribution in [3.8, 4) is 16.9 Å². The molecular formula is C20H16N2O6S. The molecule has 0 radical (unpaired) electrons. The number of thiophene rings is 1. The number of carbonyl (C=O) groups is 2. The summed E-state index contributed by atoms with van der Waals surface area (Å²) in [4.78, 5) is 34.6. The topological polar surface area (TPSA) is 119 Å². The minimum absolute atomic E-state index is 0.0436. The maximum absolute atomic E-state index is 12.5. The number of benzene rings is 2. The molecule has 1 aromatic heterocycles. The summed E-state index contributed by atoms with van der Waals surface area (Å²) in [6.45, 7) is 2.39. The fraction of sp³-hybridized carbons (Fsp3) is 0.100. The van der Waals surface area contributed by atoms with Gasteiger partial charge in [0.05, 0.1) is 11.5 Å². The second kappa shape index (κ2) is 8.53. The van der Waals surface area contributed by atoms with Gasteiger partial charge in [0.25, 0.3) is 11.6 Å². The Kier molecular flexibility index (Phi) is 5.89. The van der Waals surface area contributed by atoms with Gasteiger partial charge in [-0.25, -0.2) is 4.79 Å². The molecular weight excluding hydrogens is 396 g/mol. The number of nitro groups is 1. The monoisotopic (exact) mass is 412 g/mol. The normalized spacial score (nSPS) is 10.4. The Morgan fingerprint density at radius 3 is 2.55 bits per heavy atom. The van der Waals surface area contributed by atoms with E-state index in [9.17, 15) is 24.8 Å². The first kappa shape index (κ1) is 20.0. The van der Waals surface area contributed by atoms with Gasteiger partial charge in [-0.3, -0.25) is 14.9 Å². The number of carbonyl (C=O) groups excluding carboxylic acids is 1. The van der Waals surface area contributed by atoms with E-state index in [1.165, 1.54) is 18.2 Å². The summed E-state index contributed by atoms with van der Waals surface area (Å²) >= 11 is 1.07. The van der Waals surface area contributed by atoms with Gasteiger partial charge >= 0.3 is 5.97 Å². The SMILES string of the molecule is CCOc1ccc(-c2csc(NC(=O)c3cccc([N+](=O)[O-])c3)c2C(=O)O)cc1. The molecule has 148 valence electrons. The molecule has 0 fully saturated rings. The van der Waals surface area contributed by atoms with Gasteiger partial charge in [-0.05, 0) is 30.7 Å². The van der Waals surface area contributed by atoms with Gasteiger partial charge < -0.3 is 15.2 Å². The van der Waals surface area contributed by atoms with Crippen molar-refractivity contribution in [2.75, 3.05) is 11.9 Å². The van der Waals surface area contributed by atoms with E-state index >= 15 is 0 Å². The molecule has 0 aliphatic rings. The molecule has 9 heteroatoms. The van der Waals surface area contributed by atoms with Gasteiger partial charge in [0.1, 0.15) is 16.3 Å². The summed E-state index contributed by atoms with van der Waals surface area (Å²) in [5.74, 6) is -1.15. The highest BCUT2D eigenvalue weighted by Crippen LogP contribution is 2.36. The van der Waals surface area contributed by atoms with Crippen molar-refractivity contribution in [1.29, 1.82) is 0 Å². The summed E-state index contributed by atoms with van der Waals surface area (Å²) < 4.78 is 5.39. The third kappa shape index (κ3) is 4.41. The number of nitrogens with one attached hydrogen (secondary N) is 1. The van der Waals surface area contributed by atoms with Gasteiger partial charge in [-0.2, -0.15) is 0 Å². The molecule has 2 N–H and O–H groups in total. The van der Waals surface area contributed by atoms with Crippen molar-refractivity contribution in [3.63, 3.8) is 0 Å². The third-order valence-corrected chi connectivity index (χ3v) is 4.92. The molecule has 0 aliphatic heterocycles. The molecule has 0 saturated heterocycles. The number of non-ortho nitro benzene ring substituents is 1. The molecule has 3 rings (SSSR count). The lowest BCUT2D eigenvalue weighted by atomic mass is 10.0. The summed E-state index contributed by atoms with van der Waals surface area (Å²) in [6, 6.07) is 12.2. The highest BCUT2D eigenvalue weighted by molar-refractivity contribution is 7.15. The van der Waals surface area contributed by atoms with Crippen molar-refractivity contribution < 1.29 is 24.4 Å². The zero-order chi connectivity index (χ0) is 21.0. The molecule has 29 heavy (non-hydrogen) atoms. The van der Waals surface area contributed by atoms with Crippen LogP contribution in [-0.2, 0) is 0 Å². The molecule has 0 unspecified atom stereocenters. The molecule has 8 nitrogen and oxygen atoms in total. The minimum Gasteiger partial charge on any atom is -0.494 e. The molecule has 3 aromatic rings. The Hall–Kier alpha value is -3.72. The molecule has 0 atom stereocenters. The number of hydrogen-bond acceptors (Lipinski definition) is 6. The van der Waals surface area contributed by atoms with E-state index in [4.69, 9.17) is 4.74 Å². The third-order valence-electron chi connectivity index (χ3n) is 4.03. The van der Waals surface area contributed by atoms with Crippen LogP contribution in [-0.4, -0.2) is 28.5 Å². The van der Waals surface area contributed by atoms with Gasteiger partial charge in [-0.15, -0.1) is 11.3 Å². The van der Waals surface area contributed by atoms with Crippen molar-refractivity contribution >= 4 is 33.9 Å². The van der Waals surface area contributed by atoms with Crippen LogP contribution >= 0.6 is 11.3 Å². The number of anilines is 1. The molecule has 1 heterocycles. The molecule has 0 bridgehead atoms. The van der Waals surface area contributed by atoms with Crippen molar-refractivity contribution in [3.05, 3.63) is 75.2 Å². The van der Waals surface area contributed by atoms with Crippen LogP contribution in [0.2, 0.25) is 0 Å². The first-order valence-corrected chi connectivity index (χ1v) is 9.42. The van der Waals surface area contributed by atoms with E-state index in [-0.39, 0.29) is 21.8 Å². The van der Waals surface area contributed by atoms with E-state index in [0.717, 1.165) is 17.4 Å². The summed E-state index contributed by atoms with van der Waals surface area (Å²) in [5, 5.41) is 24.9. The molecule has 0 saturated carbocycles. The van der Waals surface area contributed by atoms with Crippen LogP contribution in [0.4, 0.5) is 10.7 Å². The number of aromatic carboxylic acids is 1. The Morgan fingerprint density at radius 1 is 1.21 bits per heavy atom. The van der Waals surface area contributed by atoms with Gasteiger partial charge in [0, 0.05) is 28.6 Å². The lowest BCUT2D eigenvalue weighted by molar-refractivity contribution is -0.384. The van der Waals surface area contributed by atoms with E-state index < -0.39 is 16.8 Å². The van der Waals surface area contributed by atoms with Gasteiger partial charge in [-0.1, -0.05) is 18.2 Å². The van der Waals surface area contributed by atoms with E-state index in [0.29, 0.717) is 23.5 Å². The zero-order valence-electron chi connectivity index (χ0n) is 15.2. The van der Waals surface area contributed by atoms with Crippen molar-refractivity contribution in [2.45, 2.75) is 6.92 Å². The maximum atomic E-state index is 12.5. The lowest BCUT2D eigenvalue weighted by Crippen LogP contribution is -2.13. The van der Waals surface area contributed by atoms with Crippen molar-refractivity contribution in [1.82, 2.24) is 0 Å². The van der Waals surface area contributed by atoms with E-state index in [1.54, 1.807) is 29.6 Å². The number of nitro benzene ring substituents is 1. The Balaban J connectivity index is 1.91. The quantitative estimate of drug-likeness (QED) is 0.430. The number of carboxylic acid groups (broad SMARTS) is 1. The average molecular weight is 412 g/mol. The molecule has 1 amide bonds. The first-order chi connectivity index (χ1) is 13.9. The van der Waals surface area contributed by atoms with Crippen LogP contribution in [0, 0.1) is 10.1 Å². The van der Waals surface area contributed by atoms with Gasteiger partial charge in [0.2, 0.25) is 0 Å². The Bertz CT molecular complexity index is 1070.